The third-order valence-electron chi connectivity index (χ3n) is 6.11. The molecule has 0 atom stereocenters. The fourth-order valence-electron chi connectivity index (χ4n) is 4.40. The third-order valence-corrected chi connectivity index (χ3v) is 6.92. The molecule has 0 bridgehead atoms. The Balaban J connectivity index is 1.53. The molecule has 5 aromatic rings. The first-order valence-electron chi connectivity index (χ1n) is 11.2. The minimum Gasteiger partial charge on any atom is -0.298 e. The lowest BCUT2D eigenvalue weighted by Crippen LogP contribution is -2.21. The van der Waals surface area contributed by atoms with E-state index in [-0.39, 0.29) is 5.56 Å². The molecule has 4 heterocycles. The number of benzene rings is 1. The van der Waals surface area contributed by atoms with Crippen molar-refractivity contribution in [3.05, 3.63) is 75.0 Å². The molecule has 0 unspecified atom stereocenters. The number of allylic oxidation sites excluding steroid dienone is 2. The molecule has 1 aromatic carbocycles. The largest absolute Gasteiger partial charge is 0.298 e. The molecule has 0 spiro atoms. The van der Waals surface area contributed by atoms with E-state index in [1.807, 2.05) is 41.8 Å². The molecule has 1 aliphatic carbocycles. The smallest absolute Gasteiger partial charge is 0.265 e. The number of hydrogen-bond donors (Lipinski definition) is 0. The third kappa shape index (κ3) is 3.66. The number of aromatic nitrogens is 5. The van der Waals surface area contributed by atoms with Gasteiger partial charge < -0.3 is 0 Å². The first-order chi connectivity index (χ1) is 16.3. The first-order valence-corrected chi connectivity index (χ1v) is 12.1. The van der Waals surface area contributed by atoms with Gasteiger partial charge in [0.25, 0.3) is 5.56 Å². The molecular weight excluding hydrogens is 432 g/mol. The van der Waals surface area contributed by atoms with Crippen molar-refractivity contribution >= 4 is 50.8 Å². The average Bonchev–Trinajstić information content (AvgIpc) is 3.48. The zero-order valence-electron chi connectivity index (χ0n) is 18.0. The number of thiophene rings is 1. The summed E-state index contributed by atoms with van der Waals surface area (Å²) in [5.41, 5.74) is 4.38. The minimum atomic E-state index is -0.101. The number of nitrogens with zero attached hydrogens (tertiary/aromatic N) is 6. The molecule has 0 N–H and O–H groups in total. The fourth-order valence-corrected chi connectivity index (χ4v) is 4.98. The van der Waals surface area contributed by atoms with Gasteiger partial charge in [-0.1, -0.05) is 29.8 Å². The Kier molecular flexibility index (Phi) is 5.07. The van der Waals surface area contributed by atoms with Crippen molar-refractivity contribution in [1.29, 1.82) is 0 Å². The fraction of sp³-hybridized carbons (Fsp3) is 0.240. The Morgan fingerprint density at radius 3 is 2.73 bits per heavy atom. The van der Waals surface area contributed by atoms with Crippen LogP contribution in [0.5, 0.6) is 0 Å². The number of fused-ring (bicyclic) bond motifs is 4. The molecular formula is C25H22N6OS. The number of rotatable bonds is 5. The van der Waals surface area contributed by atoms with Crippen LogP contribution in [-0.4, -0.2) is 30.4 Å². The Morgan fingerprint density at radius 2 is 1.94 bits per heavy atom. The van der Waals surface area contributed by atoms with Gasteiger partial charge >= 0.3 is 0 Å². The quantitative estimate of drug-likeness (QED) is 0.272. The van der Waals surface area contributed by atoms with Gasteiger partial charge in [0, 0.05) is 11.4 Å². The second kappa shape index (κ2) is 8.37. The van der Waals surface area contributed by atoms with E-state index in [1.165, 1.54) is 18.4 Å². The van der Waals surface area contributed by atoms with Crippen LogP contribution in [0.2, 0.25) is 0 Å². The van der Waals surface area contributed by atoms with E-state index in [9.17, 15) is 4.79 Å². The zero-order chi connectivity index (χ0) is 22.2. The second-order valence-corrected chi connectivity index (χ2v) is 9.24. The number of aryl methyl sites for hydroxylation is 1. The molecule has 6 rings (SSSR count). The van der Waals surface area contributed by atoms with Crippen molar-refractivity contribution in [2.45, 2.75) is 38.6 Å². The van der Waals surface area contributed by atoms with Crippen LogP contribution in [0.3, 0.4) is 0 Å². The lowest BCUT2D eigenvalue weighted by molar-refractivity contribution is 0.610. The summed E-state index contributed by atoms with van der Waals surface area (Å²) in [6.07, 6.45) is 11.3. The van der Waals surface area contributed by atoms with Crippen LogP contribution in [0, 0.1) is 0 Å². The number of hydrogen-bond acceptors (Lipinski definition) is 6. The van der Waals surface area contributed by atoms with Crippen molar-refractivity contribution in [3.63, 3.8) is 0 Å². The lowest BCUT2D eigenvalue weighted by Gasteiger charge is -2.13. The zero-order valence-corrected chi connectivity index (χ0v) is 18.8. The maximum Gasteiger partial charge on any atom is 0.265 e. The lowest BCUT2D eigenvalue weighted by atomic mass is 9.97. The van der Waals surface area contributed by atoms with E-state index >= 15 is 0 Å². The summed E-state index contributed by atoms with van der Waals surface area (Å²) >= 11 is 1.59. The molecule has 0 aliphatic heterocycles. The average molecular weight is 455 g/mol. The van der Waals surface area contributed by atoms with Gasteiger partial charge in [-0.25, -0.2) is 15.0 Å². The van der Waals surface area contributed by atoms with Gasteiger partial charge in [0.05, 0.1) is 23.6 Å². The summed E-state index contributed by atoms with van der Waals surface area (Å²) in [7, 11) is 0. The van der Waals surface area contributed by atoms with E-state index in [1.54, 1.807) is 33.1 Å². The number of para-hydroxylation sites is 2. The molecule has 8 heteroatoms. The van der Waals surface area contributed by atoms with Gasteiger partial charge in [0.1, 0.15) is 10.9 Å². The van der Waals surface area contributed by atoms with E-state index in [0.29, 0.717) is 28.7 Å². The first kappa shape index (κ1) is 20.0. The van der Waals surface area contributed by atoms with E-state index < -0.39 is 0 Å². The molecule has 0 radical (unpaired) electrons. The van der Waals surface area contributed by atoms with Gasteiger partial charge in [-0.05, 0) is 55.7 Å². The van der Waals surface area contributed by atoms with Crippen LogP contribution in [0.4, 0.5) is 0 Å². The summed E-state index contributed by atoms with van der Waals surface area (Å²) in [5.74, 6) is 0. The predicted octanol–water partition coefficient (Wildman–Crippen LogP) is 5.13. The maximum absolute atomic E-state index is 13.6. The van der Waals surface area contributed by atoms with Crippen molar-refractivity contribution in [2.75, 3.05) is 0 Å². The predicted molar refractivity (Wildman–Crippen MR) is 133 cm³/mol. The monoisotopic (exact) mass is 454 g/mol. The van der Waals surface area contributed by atoms with Crippen LogP contribution in [0.15, 0.2) is 69.7 Å². The Morgan fingerprint density at radius 1 is 1.06 bits per heavy atom. The van der Waals surface area contributed by atoms with Gasteiger partial charge in [-0.2, -0.15) is 9.78 Å². The highest BCUT2D eigenvalue weighted by Crippen LogP contribution is 2.25. The molecule has 0 saturated heterocycles. The molecule has 7 nitrogen and oxygen atoms in total. The van der Waals surface area contributed by atoms with E-state index in [2.05, 4.69) is 16.2 Å². The highest BCUT2D eigenvalue weighted by Gasteiger charge is 2.20. The van der Waals surface area contributed by atoms with Crippen molar-refractivity contribution in [2.24, 2.45) is 5.10 Å². The molecule has 0 amide bonds. The van der Waals surface area contributed by atoms with Crippen molar-refractivity contribution in [3.8, 4) is 0 Å². The maximum atomic E-state index is 13.6. The van der Waals surface area contributed by atoms with Crippen LogP contribution >= 0.6 is 11.3 Å². The molecule has 0 saturated carbocycles. The highest BCUT2D eigenvalue weighted by molar-refractivity contribution is 7.11. The SMILES string of the molecule is O=c1c2c3nc4ccccc4nc3n(/N=C\c3cccs3)c2ncn1CCC1=CCCCC1. The second-order valence-electron chi connectivity index (χ2n) is 8.26. The summed E-state index contributed by atoms with van der Waals surface area (Å²) < 4.78 is 3.33. The van der Waals surface area contributed by atoms with Gasteiger partial charge in [-0.15, -0.1) is 11.3 Å². The molecule has 1 aliphatic rings. The van der Waals surface area contributed by atoms with Crippen LogP contribution in [0.25, 0.3) is 33.2 Å². The van der Waals surface area contributed by atoms with Crippen molar-refractivity contribution in [1.82, 2.24) is 24.2 Å². The molecule has 33 heavy (non-hydrogen) atoms. The Labute approximate surface area is 193 Å². The standard InChI is InChI=1S/C25H22N6OS/c32-25-21-22-24(29-20-11-5-4-10-19(20)28-22)31(27-15-18-9-6-14-33-18)23(21)26-16-30(25)13-12-17-7-2-1-3-8-17/h4-7,9-11,14-16H,1-3,8,12-13H2/b27-15-. The Bertz CT molecular complexity index is 1590. The van der Waals surface area contributed by atoms with Gasteiger partial charge in [0.15, 0.2) is 11.3 Å². The van der Waals surface area contributed by atoms with Crippen LogP contribution < -0.4 is 5.56 Å². The highest BCUT2D eigenvalue weighted by atomic mass is 32.1. The van der Waals surface area contributed by atoms with Gasteiger partial charge in [0.2, 0.25) is 0 Å². The van der Waals surface area contributed by atoms with Gasteiger partial charge in [-0.3, -0.25) is 9.36 Å². The molecule has 4 aromatic heterocycles. The summed E-state index contributed by atoms with van der Waals surface area (Å²) in [6.45, 7) is 0.611. The summed E-state index contributed by atoms with van der Waals surface area (Å²) in [5, 5.41) is 7.11. The molecule has 0 fully saturated rings. The Hall–Kier alpha value is -3.65. The summed E-state index contributed by atoms with van der Waals surface area (Å²) in [4.78, 5) is 28.8. The topological polar surface area (TPSA) is 78.0 Å². The normalized spacial score (nSPS) is 14.6. The van der Waals surface area contributed by atoms with Crippen LogP contribution in [-0.2, 0) is 6.54 Å². The van der Waals surface area contributed by atoms with Crippen LogP contribution in [0.1, 0.15) is 37.0 Å². The van der Waals surface area contributed by atoms with Crippen molar-refractivity contribution < 1.29 is 0 Å². The minimum absolute atomic E-state index is 0.101. The van der Waals surface area contributed by atoms with E-state index in [0.717, 1.165) is 35.2 Å². The molecule has 164 valence electrons. The summed E-state index contributed by atoms with van der Waals surface area (Å²) in [6, 6.07) is 11.6. The van der Waals surface area contributed by atoms with E-state index in [4.69, 9.17) is 9.97 Å².